The van der Waals surface area contributed by atoms with E-state index in [2.05, 4.69) is 4.98 Å². The monoisotopic (exact) mass is 415 g/mol. The van der Waals surface area contributed by atoms with Gasteiger partial charge in [0.2, 0.25) is 0 Å². The van der Waals surface area contributed by atoms with Crippen LogP contribution in [0.1, 0.15) is 21.7 Å². The van der Waals surface area contributed by atoms with E-state index in [0.717, 1.165) is 16.3 Å². The SMILES string of the molecule is Cc1cc(C(=O)CSc2nc3sccc3c(=O)n2C)c(C)n1CC(F)(F)F. The molecule has 0 atom stereocenters. The number of ketones is 1. The van der Waals surface area contributed by atoms with Gasteiger partial charge in [-0.2, -0.15) is 13.2 Å². The summed E-state index contributed by atoms with van der Waals surface area (Å²) in [5.41, 5.74) is 0.723. The largest absolute Gasteiger partial charge is 0.406 e. The lowest BCUT2D eigenvalue weighted by Gasteiger charge is -2.12. The quantitative estimate of drug-likeness (QED) is 0.360. The van der Waals surface area contributed by atoms with Gasteiger partial charge in [-0.25, -0.2) is 4.98 Å². The standard InChI is InChI=1S/C17H16F3N3O2S2/c1-9-6-12(10(2)23(9)8-17(18,19)20)13(24)7-27-16-21-14-11(4-5-26-14)15(25)22(16)3/h4-6H,7-8H2,1-3H3. The third-order valence-corrected chi connectivity index (χ3v) is 6.04. The number of fused-ring (bicyclic) bond motifs is 1. The molecule has 3 heterocycles. The molecule has 0 amide bonds. The highest BCUT2D eigenvalue weighted by molar-refractivity contribution is 7.99. The van der Waals surface area contributed by atoms with Crippen molar-refractivity contribution in [2.45, 2.75) is 31.7 Å². The predicted molar refractivity (Wildman–Crippen MR) is 99.9 cm³/mol. The van der Waals surface area contributed by atoms with E-state index in [1.807, 2.05) is 0 Å². The van der Waals surface area contributed by atoms with Crippen LogP contribution in [0, 0.1) is 13.8 Å². The summed E-state index contributed by atoms with van der Waals surface area (Å²) in [5, 5.41) is 2.69. The average molecular weight is 415 g/mol. The Morgan fingerprint density at radius 2 is 2.04 bits per heavy atom. The zero-order valence-corrected chi connectivity index (χ0v) is 16.4. The number of halogens is 3. The Labute approximate surface area is 160 Å². The molecular weight excluding hydrogens is 399 g/mol. The van der Waals surface area contributed by atoms with Crippen LogP contribution >= 0.6 is 23.1 Å². The summed E-state index contributed by atoms with van der Waals surface area (Å²) in [6.07, 6.45) is -4.36. The molecular formula is C17H16F3N3O2S2. The van der Waals surface area contributed by atoms with E-state index in [9.17, 15) is 22.8 Å². The maximum Gasteiger partial charge on any atom is 0.406 e. The number of nitrogens with zero attached hydrogens (tertiary/aromatic N) is 3. The fourth-order valence-electron chi connectivity index (χ4n) is 2.82. The summed E-state index contributed by atoms with van der Waals surface area (Å²) >= 11 is 2.43. The highest BCUT2D eigenvalue weighted by Crippen LogP contribution is 2.25. The minimum Gasteiger partial charge on any atom is -0.339 e. The molecule has 3 aromatic rings. The van der Waals surface area contributed by atoms with Crippen LogP contribution in [0.3, 0.4) is 0 Å². The molecule has 0 aliphatic rings. The van der Waals surface area contributed by atoms with Crippen LogP contribution in [0.15, 0.2) is 27.5 Å². The molecule has 5 nitrogen and oxygen atoms in total. The number of carbonyl (C=O) groups is 1. The number of aromatic nitrogens is 3. The molecule has 0 fully saturated rings. The first-order chi connectivity index (χ1) is 12.6. The molecule has 0 aliphatic heterocycles. The second-order valence-electron chi connectivity index (χ2n) is 6.10. The normalized spacial score (nSPS) is 12.1. The van der Waals surface area contributed by atoms with E-state index in [1.165, 1.54) is 28.9 Å². The van der Waals surface area contributed by atoms with Crippen LogP contribution < -0.4 is 5.56 Å². The number of Topliss-reactive ketones (excluding diaryl/α,β-unsaturated/α-hetero) is 1. The molecule has 144 valence electrons. The molecule has 0 unspecified atom stereocenters. The first-order valence-electron chi connectivity index (χ1n) is 7.92. The average Bonchev–Trinajstić information content (AvgIpc) is 3.15. The number of thioether (sulfide) groups is 1. The summed E-state index contributed by atoms with van der Waals surface area (Å²) in [6.45, 7) is 1.91. The number of alkyl halides is 3. The van der Waals surface area contributed by atoms with Crippen LogP contribution in [-0.4, -0.2) is 31.8 Å². The molecule has 0 spiro atoms. The van der Waals surface area contributed by atoms with E-state index >= 15 is 0 Å². The Kier molecular flexibility index (Phi) is 5.22. The minimum atomic E-state index is -4.36. The van der Waals surface area contributed by atoms with E-state index in [1.54, 1.807) is 25.4 Å². The second kappa shape index (κ2) is 7.16. The Morgan fingerprint density at radius 3 is 2.70 bits per heavy atom. The van der Waals surface area contributed by atoms with Gasteiger partial charge in [-0.1, -0.05) is 11.8 Å². The number of rotatable bonds is 5. The number of carbonyl (C=O) groups excluding carboxylic acids is 1. The van der Waals surface area contributed by atoms with E-state index in [0.29, 0.717) is 21.1 Å². The van der Waals surface area contributed by atoms with Gasteiger partial charge in [-0.05, 0) is 31.4 Å². The van der Waals surface area contributed by atoms with Crippen molar-refractivity contribution >= 4 is 39.1 Å². The molecule has 0 aromatic carbocycles. The number of aryl methyl sites for hydroxylation is 1. The van der Waals surface area contributed by atoms with E-state index in [-0.39, 0.29) is 28.4 Å². The fraction of sp³-hybridized carbons (Fsp3) is 0.353. The summed E-state index contributed by atoms with van der Waals surface area (Å²) in [4.78, 5) is 29.8. The molecule has 3 rings (SSSR count). The summed E-state index contributed by atoms with van der Waals surface area (Å²) in [7, 11) is 1.58. The maximum atomic E-state index is 12.7. The van der Waals surface area contributed by atoms with Gasteiger partial charge >= 0.3 is 6.18 Å². The Hall–Kier alpha value is -2.07. The summed E-state index contributed by atoms with van der Waals surface area (Å²) in [5.74, 6) is -0.324. The molecule has 0 radical (unpaired) electrons. The predicted octanol–water partition coefficient (Wildman–Crippen LogP) is 3.95. The van der Waals surface area contributed by atoms with Gasteiger partial charge in [-0.15, -0.1) is 11.3 Å². The molecule has 3 aromatic heterocycles. The lowest BCUT2D eigenvalue weighted by molar-refractivity contribution is -0.141. The van der Waals surface area contributed by atoms with Crippen LogP contribution in [0.2, 0.25) is 0 Å². The lowest BCUT2D eigenvalue weighted by Crippen LogP contribution is -2.20. The van der Waals surface area contributed by atoms with Gasteiger partial charge in [0.25, 0.3) is 5.56 Å². The van der Waals surface area contributed by atoms with Gasteiger partial charge in [0.1, 0.15) is 11.4 Å². The van der Waals surface area contributed by atoms with Crippen molar-refractivity contribution in [1.82, 2.24) is 14.1 Å². The third kappa shape index (κ3) is 3.96. The maximum absolute atomic E-state index is 12.7. The Bertz CT molecular complexity index is 1080. The van der Waals surface area contributed by atoms with Crippen LogP contribution in [-0.2, 0) is 13.6 Å². The minimum absolute atomic E-state index is 0.0204. The van der Waals surface area contributed by atoms with Crippen LogP contribution in [0.4, 0.5) is 13.2 Å². The summed E-state index contributed by atoms with van der Waals surface area (Å²) in [6, 6.07) is 3.17. The molecule has 0 N–H and O–H groups in total. The molecule has 0 aliphatic carbocycles. The van der Waals surface area contributed by atoms with Gasteiger partial charge in [-0.3, -0.25) is 14.2 Å². The zero-order chi connectivity index (χ0) is 19.9. The smallest absolute Gasteiger partial charge is 0.339 e. The first-order valence-corrected chi connectivity index (χ1v) is 9.78. The zero-order valence-electron chi connectivity index (χ0n) is 14.8. The van der Waals surface area contributed by atoms with Gasteiger partial charge < -0.3 is 4.57 Å². The fourth-order valence-corrected chi connectivity index (χ4v) is 4.48. The molecule has 10 heteroatoms. The van der Waals surface area contributed by atoms with E-state index < -0.39 is 12.7 Å². The first kappa shape index (κ1) is 19.7. The van der Waals surface area contributed by atoms with Crippen molar-refractivity contribution in [3.8, 4) is 0 Å². The topological polar surface area (TPSA) is 56.9 Å². The van der Waals surface area contributed by atoms with Crippen molar-refractivity contribution in [3.05, 3.63) is 44.8 Å². The number of hydrogen-bond acceptors (Lipinski definition) is 5. The highest BCUT2D eigenvalue weighted by atomic mass is 32.2. The van der Waals surface area contributed by atoms with Crippen molar-refractivity contribution in [3.63, 3.8) is 0 Å². The third-order valence-electron chi connectivity index (χ3n) is 4.21. The van der Waals surface area contributed by atoms with Crippen molar-refractivity contribution in [2.75, 3.05) is 5.75 Å². The van der Waals surface area contributed by atoms with Crippen molar-refractivity contribution in [2.24, 2.45) is 7.05 Å². The Morgan fingerprint density at radius 1 is 1.33 bits per heavy atom. The van der Waals surface area contributed by atoms with Gasteiger partial charge in [0, 0.05) is 24.0 Å². The Balaban J connectivity index is 1.82. The van der Waals surface area contributed by atoms with E-state index in [4.69, 9.17) is 0 Å². The van der Waals surface area contributed by atoms with Crippen molar-refractivity contribution in [1.29, 1.82) is 0 Å². The number of thiophene rings is 1. The molecule has 0 bridgehead atoms. The van der Waals surface area contributed by atoms with Crippen LogP contribution in [0.5, 0.6) is 0 Å². The van der Waals surface area contributed by atoms with Gasteiger partial charge in [0.15, 0.2) is 10.9 Å². The molecule has 27 heavy (non-hydrogen) atoms. The van der Waals surface area contributed by atoms with Crippen LogP contribution in [0.25, 0.3) is 10.2 Å². The highest BCUT2D eigenvalue weighted by Gasteiger charge is 2.30. The van der Waals surface area contributed by atoms with Crippen molar-refractivity contribution < 1.29 is 18.0 Å². The summed E-state index contributed by atoms with van der Waals surface area (Å²) < 4.78 is 40.6. The second-order valence-corrected chi connectivity index (χ2v) is 7.93. The lowest BCUT2D eigenvalue weighted by atomic mass is 10.2. The number of hydrogen-bond donors (Lipinski definition) is 0. The van der Waals surface area contributed by atoms with Gasteiger partial charge in [0.05, 0.1) is 11.1 Å². The molecule has 0 saturated carbocycles. The molecule has 0 saturated heterocycles.